The molecular formula is C21H26N4O4S. The Morgan fingerprint density at radius 1 is 1.20 bits per heavy atom. The topological polar surface area (TPSA) is 81.4 Å². The zero-order valence-corrected chi connectivity index (χ0v) is 18.0. The van der Waals surface area contributed by atoms with Crippen LogP contribution in [-0.2, 0) is 9.47 Å². The molecule has 1 atom stereocenters. The summed E-state index contributed by atoms with van der Waals surface area (Å²) in [7, 11) is 0. The fourth-order valence-corrected chi connectivity index (χ4v) is 5.54. The van der Waals surface area contributed by atoms with Crippen LogP contribution in [0.3, 0.4) is 0 Å². The molecule has 2 aromatic heterocycles. The van der Waals surface area contributed by atoms with Crippen molar-refractivity contribution in [3.8, 4) is 11.6 Å². The molecule has 0 radical (unpaired) electrons. The molecule has 30 heavy (non-hydrogen) atoms. The first-order valence-electron chi connectivity index (χ1n) is 10.4. The van der Waals surface area contributed by atoms with Crippen LogP contribution in [0.4, 0.5) is 0 Å². The van der Waals surface area contributed by atoms with Crippen LogP contribution in [0.25, 0.3) is 4.96 Å². The van der Waals surface area contributed by atoms with E-state index >= 15 is 0 Å². The fourth-order valence-electron chi connectivity index (χ4n) is 4.38. The first kappa shape index (κ1) is 19.7. The van der Waals surface area contributed by atoms with Crippen LogP contribution in [-0.4, -0.2) is 63.3 Å². The van der Waals surface area contributed by atoms with Gasteiger partial charge in [-0.1, -0.05) is 23.5 Å². The third-order valence-corrected chi connectivity index (χ3v) is 6.87. The van der Waals surface area contributed by atoms with Crippen molar-refractivity contribution in [2.75, 3.05) is 32.9 Å². The smallest absolute Gasteiger partial charge is 0.230 e. The maximum Gasteiger partial charge on any atom is 0.230 e. The predicted octanol–water partition coefficient (Wildman–Crippen LogP) is 3.13. The summed E-state index contributed by atoms with van der Waals surface area (Å²) in [4.78, 5) is 8.37. The molecule has 2 aliphatic rings. The van der Waals surface area contributed by atoms with Crippen molar-refractivity contribution in [2.45, 2.75) is 38.5 Å². The van der Waals surface area contributed by atoms with Crippen LogP contribution in [0.2, 0.25) is 0 Å². The zero-order chi connectivity index (χ0) is 20.7. The number of thiazole rings is 1. The Bertz CT molecular complexity index is 1020. The van der Waals surface area contributed by atoms with E-state index in [-0.39, 0.29) is 11.9 Å². The quantitative estimate of drug-likeness (QED) is 0.666. The third-order valence-electron chi connectivity index (χ3n) is 5.80. The summed E-state index contributed by atoms with van der Waals surface area (Å²) < 4.78 is 18.9. The van der Waals surface area contributed by atoms with Gasteiger partial charge in [0.1, 0.15) is 11.6 Å². The van der Waals surface area contributed by atoms with Crippen molar-refractivity contribution in [3.63, 3.8) is 0 Å². The van der Waals surface area contributed by atoms with Crippen molar-refractivity contribution < 1.29 is 19.3 Å². The van der Waals surface area contributed by atoms with E-state index in [0.717, 1.165) is 42.1 Å². The van der Waals surface area contributed by atoms with E-state index in [4.69, 9.17) is 14.2 Å². The SMILES string of the molecule is CCOc1ccc([C@H](c2sc3nc(C)nn3c2O)N2CCC3(CC2)OCCO3)cc1. The zero-order valence-electron chi connectivity index (χ0n) is 17.2. The van der Waals surface area contributed by atoms with E-state index in [1.165, 1.54) is 15.9 Å². The van der Waals surface area contributed by atoms with Crippen LogP contribution in [0.1, 0.15) is 42.1 Å². The number of nitrogens with zero attached hydrogens (tertiary/aromatic N) is 4. The lowest BCUT2D eigenvalue weighted by molar-refractivity contribution is -0.187. The van der Waals surface area contributed by atoms with Crippen LogP contribution in [0.15, 0.2) is 24.3 Å². The second-order valence-electron chi connectivity index (χ2n) is 7.69. The highest BCUT2D eigenvalue weighted by atomic mass is 32.1. The third kappa shape index (κ3) is 3.45. The van der Waals surface area contributed by atoms with Gasteiger partial charge in [0.25, 0.3) is 0 Å². The number of piperidine rings is 1. The lowest BCUT2D eigenvalue weighted by Crippen LogP contribution is -2.46. The van der Waals surface area contributed by atoms with Crippen LogP contribution < -0.4 is 4.74 Å². The van der Waals surface area contributed by atoms with Crippen LogP contribution >= 0.6 is 11.3 Å². The number of aromatic nitrogens is 3. The molecule has 1 N–H and O–H groups in total. The molecule has 2 fully saturated rings. The lowest BCUT2D eigenvalue weighted by atomic mass is 9.97. The number of likely N-dealkylation sites (tertiary alicyclic amines) is 1. The number of fused-ring (bicyclic) bond motifs is 1. The number of benzene rings is 1. The van der Waals surface area contributed by atoms with Crippen LogP contribution in [0, 0.1) is 6.92 Å². The maximum atomic E-state index is 11.0. The standard InChI is InChI=1S/C21H26N4O4S/c1-3-27-16-6-4-15(5-7-16)17(18-19(26)25-20(30-18)22-14(2)23-25)24-10-8-21(9-11-24)28-12-13-29-21/h4-7,17,26H,3,8-13H2,1-2H3/t17-/m1/s1. The first-order chi connectivity index (χ1) is 14.6. The van der Waals surface area contributed by atoms with Crippen molar-refractivity contribution in [3.05, 3.63) is 40.5 Å². The molecule has 160 valence electrons. The van der Waals surface area contributed by atoms with Gasteiger partial charge < -0.3 is 19.3 Å². The predicted molar refractivity (Wildman–Crippen MR) is 112 cm³/mol. The lowest BCUT2D eigenvalue weighted by Gasteiger charge is -2.41. The van der Waals surface area contributed by atoms with E-state index in [0.29, 0.717) is 30.6 Å². The molecule has 0 saturated carbocycles. The molecule has 5 rings (SSSR count). The Morgan fingerprint density at radius 3 is 2.53 bits per heavy atom. The minimum absolute atomic E-state index is 0.103. The van der Waals surface area contributed by atoms with E-state index in [1.54, 1.807) is 0 Å². The summed E-state index contributed by atoms with van der Waals surface area (Å²) in [5.41, 5.74) is 1.10. The maximum absolute atomic E-state index is 11.0. The van der Waals surface area contributed by atoms with Gasteiger partial charge in [-0.2, -0.15) is 4.52 Å². The van der Waals surface area contributed by atoms with E-state index in [9.17, 15) is 5.11 Å². The minimum Gasteiger partial charge on any atom is -0.494 e. The van der Waals surface area contributed by atoms with E-state index in [2.05, 4.69) is 27.1 Å². The molecular weight excluding hydrogens is 404 g/mol. The second kappa shape index (κ2) is 7.81. The highest BCUT2D eigenvalue weighted by Gasteiger charge is 2.42. The molecule has 3 aromatic rings. The van der Waals surface area contributed by atoms with Gasteiger partial charge in [0.15, 0.2) is 5.79 Å². The molecule has 2 saturated heterocycles. The summed E-state index contributed by atoms with van der Waals surface area (Å²) in [6.07, 6.45) is 1.61. The summed E-state index contributed by atoms with van der Waals surface area (Å²) in [5, 5.41) is 15.3. The van der Waals surface area contributed by atoms with Gasteiger partial charge >= 0.3 is 0 Å². The largest absolute Gasteiger partial charge is 0.494 e. The molecule has 1 aromatic carbocycles. The fraction of sp³-hybridized carbons (Fsp3) is 0.524. The molecule has 0 unspecified atom stereocenters. The van der Waals surface area contributed by atoms with Gasteiger partial charge in [0, 0.05) is 25.9 Å². The average Bonchev–Trinajstić information content (AvgIpc) is 3.43. The number of aromatic hydroxyl groups is 1. The highest BCUT2D eigenvalue weighted by Crippen LogP contribution is 2.43. The summed E-state index contributed by atoms with van der Waals surface area (Å²) in [6.45, 7) is 7.38. The molecule has 8 nitrogen and oxygen atoms in total. The molecule has 4 heterocycles. The van der Waals surface area contributed by atoms with E-state index in [1.807, 2.05) is 26.0 Å². The molecule has 0 aliphatic carbocycles. The van der Waals surface area contributed by atoms with Gasteiger partial charge in [-0.25, -0.2) is 4.98 Å². The van der Waals surface area contributed by atoms with Gasteiger partial charge in [-0.15, -0.1) is 5.10 Å². The van der Waals surface area contributed by atoms with Crippen molar-refractivity contribution in [1.82, 2.24) is 19.5 Å². The monoisotopic (exact) mass is 430 g/mol. The molecule has 2 aliphatic heterocycles. The number of ether oxygens (including phenoxy) is 3. The molecule has 9 heteroatoms. The first-order valence-corrected chi connectivity index (χ1v) is 11.2. The Hall–Kier alpha value is -2.20. The Kier molecular flexibility index (Phi) is 5.14. The Balaban J connectivity index is 1.50. The normalized spacial score (nSPS) is 20.2. The Labute approximate surface area is 179 Å². The van der Waals surface area contributed by atoms with Crippen LogP contribution in [0.5, 0.6) is 11.6 Å². The highest BCUT2D eigenvalue weighted by molar-refractivity contribution is 7.17. The summed E-state index contributed by atoms with van der Waals surface area (Å²) >= 11 is 1.48. The number of aryl methyl sites for hydroxylation is 1. The molecule has 0 bridgehead atoms. The van der Waals surface area contributed by atoms with E-state index < -0.39 is 5.79 Å². The summed E-state index contributed by atoms with van der Waals surface area (Å²) in [6, 6.07) is 8.01. The summed E-state index contributed by atoms with van der Waals surface area (Å²) in [5.74, 6) is 1.21. The van der Waals surface area contributed by atoms with Gasteiger partial charge in [-0.05, 0) is 31.5 Å². The molecule has 0 amide bonds. The average molecular weight is 431 g/mol. The van der Waals surface area contributed by atoms with Crippen molar-refractivity contribution in [2.24, 2.45) is 0 Å². The Morgan fingerprint density at radius 2 is 1.90 bits per heavy atom. The van der Waals surface area contributed by atoms with Gasteiger partial charge in [0.05, 0.1) is 30.7 Å². The number of rotatable bonds is 5. The minimum atomic E-state index is -0.440. The van der Waals surface area contributed by atoms with Crippen molar-refractivity contribution in [1.29, 1.82) is 0 Å². The molecule has 1 spiro atoms. The number of hydrogen-bond acceptors (Lipinski definition) is 8. The van der Waals surface area contributed by atoms with Gasteiger partial charge in [0.2, 0.25) is 10.8 Å². The van der Waals surface area contributed by atoms with Gasteiger partial charge in [-0.3, -0.25) is 4.90 Å². The second-order valence-corrected chi connectivity index (χ2v) is 8.70. The number of hydrogen-bond donors (Lipinski definition) is 1. The van der Waals surface area contributed by atoms with Crippen molar-refractivity contribution >= 4 is 16.3 Å².